The standard InChI is InChI=1S/C17H15ClN2O5.Na/c18-13-5-1-11(2-6-13)9-15(17(22)23)19-16(21)10-12-3-7-14(8-4-12)20(24)25;/h1-8,15H,9-10H2,(H,19,21)(H,22,23);/q;+1/p-1. The van der Waals surface area contributed by atoms with Crippen LogP contribution in [0.3, 0.4) is 0 Å². The summed E-state index contributed by atoms with van der Waals surface area (Å²) >= 11 is 5.78. The number of halogens is 1. The Balaban J connectivity index is 0.00000338. The number of nitrogens with zero attached hydrogens (tertiary/aromatic N) is 1. The van der Waals surface area contributed by atoms with Gasteiger partial charge in [-0.2, -0.15) is 0 Å². The van der Waals surface area contributed by atoms with Gasteiger partial charge < -0.3 is 15.2 Å². The van der Waals surface area contributed by atoms with Gasteiger partial charge in [0.05, 0.1) is 23.4 Å². The van der Waals surface area contributed by atoms with Crippen LogP contribution in [0.4, 0.5) is 5.69 Å². The molecule has 0 aliphatic rings. The van der Waals surface area contributed by atoms with E-state index in [2.05, 4.69) is 5.32 Å². The first-order valence-corrected chi connectivity index (χ1v) is 7.71. The fourth-order valence-electron chi connectivity index (χ4n) is 2.22. The molecule has 1 amide bonds. The van der Waals surface area contributed by atoms with Gasteiger partial charge in [0, 0.05) is 17.2 Å². The van der Waals surface area contributed by atoms with Gasteiger partial charge in [0.2, 0.25) is 5.91 Å². The molecule has 130 valence electrons. The minimum atomic E-state index is -1.40. The Morgan fingerprint density at radius 1 is 1.04 bits per heavy atom. The van der Waals surface area contributed by atoms with Crippen LogP contribution in [0, 0.1) is 10.1 Å². The number of rotatable bonds is 7. The normalized spacial score (nSPS) is 11.1. The van der Waals surface area contributed by atoms with E-state index in [9.17, 15) is 24.8 Å². The van der Waals surface area contributed by atoms with Crippen molar-refractivity contribution in [3.8, 4) is 0 Å². The summed E-state index contributed by atoms with van der Waals surface area (Å²) in [4.78, 5) is 33.3. The maximum Gasteiger partial charge on any atom is 1.00 e. The number of nitro benzene ring substituents is 1. The van der Waals surface area contributed by atoms with Crippen LogP contribution in [-0.2, 0) is 22.4 Å². The van der Waals surface area contributed by atoms with Crippen molar-refractivity contribution in [2.75, 3.05) is 0 Å². The average molecular weight is 385 g/mol. The van der Waals surface area contributed by atoms with Crippen LogP contribution in [0.5, 0.6) is 0 Å². The van der Waals surface area contributed by atoms with Crippen molar-refractivity contribution in [2.24, 2.45) is 0 Å². The summed E-state index contributed by atoms with van der Waals surface area (Å²) in [6.45, 7) is 0. The minimum Gasteiger partial charge on any atom is -0.548 e. The summed E-state index contributed by atoms with van der Waals surface area (Å²) in [7, 11) is 0. The van der Waals surface area contributed by atoms with E-state index in [1.54, 1.807) is 24.3 Å². The van der Waals surface area contributed by atoms with Crippen molar-refractivity contribution in [2.45, 2.75) is 18.9 Å². The maximum absolute atomic E-state index is 12.0. The molecule has 0 spiro atoms. The molecular formula is C17H14ClN2NaO5. The monoisotopic (exact) mass is 384 g/mol. The number of hydrogen-bond acceptors (Lipinski definition) is 5. The Bertz CT molecular complexity index is 781. The van der Waals surface area contributed by atoms with Crippen molar-refractivity contribution < 1.29 is 49.2 Å². The molecule has 2 aromatic rings. The molecule has 9 heteroatoms. The third kappa shape index (κ3) is 6.76. The number of aliphatic carboxylic acids is 1. The first kappa shape index (κ1) is 22.1. The number of carbonyl (C=O) groups excluding carboxylic acids is 2. The fraction of sp³-hybridized carbons (Fsp3) is 0.176. The molecule has 0 radical (unpaired) electrons. The van der Waals surface area contributed by atoms with Gasteiger partial charge in [-0.25, -0.2) is 0 Å². The number of benzene rings is 2. The zero-order valence-electron chi connectivity index (χ0n) is 14.0. The van der Waals surface area contributed by atoms with Gasteiger partial charge in [-0.1, -0.05) is 35.9 Å². The van der Waals surface area contributed by atoms with E-state index in [-0.39, 0.29) is 48.1 Å². The van der Waals surface area contributed by atoms with Gasteiger partial charge >= 0.3 is 29.6 Å². The second kappa shape index (κ2) is 10.3. The topological polar surface area (TPSA) is 112 Å². The molecule has 0 aliphatic carbocycles. The molecular weight excluding hydrogens is 371 g/mol. The molecule has 0 heterocycles. The third-order valence-electron chi connectivity index (χ3n) is 3.48. The van der Waals surface area contributed by atoms with Crippen LogP contribution in [-0.4, -0.2) is 22.8 Å². The van der Waals surface area contributed by atoms with E-state index < -0.39 is 22.8 Å². The van der Waals surface area contributed by atoms with Gasteiger partial charge in [0.1, 0.15) is 0 Å². The van der Waals surface area contributed by atoms with E-state index in [0.717, 1.165) is 0 Å². The zero-order chi connectivity index (χ0) is 18.4. The van der Waals surface area contributed by atoms with Crippen molar-refractivity contribution in [3.63, 3.8) is 0 Å². The number of non-ortho nitro benzene ring substituents is 1. The number of carboxylic acid groups (broad SMARTS) is 1. The van der Waals surface area contributed by atoms with Crippen LogP contribution in [0.2, 0.25) is 5.02 Å². The van der Waals surface area contributed by atoms with Crippen molar-refractivity contribution >= 4 is 29.2 Å². The van der Waals surface area contributed by atoms with Crippen LogP contribution in [0.25, 0.3) is 0 Å². The Morgan fingerprint density at radius 3 is 2.08 bits per heavy atom. The van der Waals surface area contributed by atoms with Crippen molar-refractivity contribution in [1.82, 2.24) is 5.32 Å². The molecule has 1 N–H and O–H groups in total. The molecule has 26 heavy (non-hydrogen) atoms. The number of amides is 1. The van der Waals surface area contributed by atoms with Crippen LogP contribution in [0.15, 0.2) is 48.5 Å². The number of hydrogen-bond donors (Lipinski definition) is 1. The Kier molecular flexibility index (Phi) is 8.74. The summed E-state index contributed by atoms with van der Waals surface area (Å²) in [6.07, 6.45) is -0.0338. The smallest absolute Gasteiger partial charge is 0.548 e. The fourth-order valence-corrected chi connectivity index (χ4v) is 2.34. The quantitative estimate of drug-likeness (QED) is 0.346. The summed E-state index contributed by atoms with van der Waals surface area (Å²) in [5, 5.41) is 24.8. The van der Waals surface area contributed by atoms with Gasteiger partial charge in [-0.3, -0.25) is 14.9 Å². The Morgan fingerprint density at radius 2 is 1.58 bits per heavy atom. The average Bonchev–Trinajstić information content (AvgIpc) is 2.56. The molecule has 0 saturated heterocycles. The molecule has 0 bridgehead atoms. The van der Waals surface area contributed by atoms with E-state index in [0.29, 0.717) is 16.1 Å². The van der Waals surface area contributed by atoms with Crippen LogP contribution >= 0.6 is 11.6 Å². The van der Waals surface area contributed by atoms with Gasteiger partial charge in [-0.15, -0.1) is 0 Å². The van der Waals surface area contributed by atoms with Gasteiger partial charge in [0.15, 0.2) is 0 Å². The molecule has 1 unspecified atom stereocenters. The number of nitrogens with one attached hydrogen (secondary N) is 1. The Labute approximate surface area is 176 Å². The molecule has 0 aromatic heterocycles. The zero-order valence-corrected chi connectivity index (χ0v) is 16.7. The number of carboxylic acids is 1. The molecule has 0 saturated carbocycles. The first-order chi connectivity index (χ1) is 11.8. The molecule has 1 atom stereocenters. The number of carbonyl (C=O) groups is 2. The van der Waals surface area contributed by atoms with Crippen LogP contribution in [0.1, 0.15) is 11.1 Å². The van der Waals surface area contributed by atoms with E-state index in [1.165, 1.54) is 24.3 Å². The van der Waals surface area contributed by atoms with Crippen molar-refractivity contribution in [1.29, 1.82) is 0 Å². The Hall–Kier alpha value is -1.93. The summed E-state index contributed by atoms with van der Waals surface area (Å²) in [6, 6.07) is 10.9. The van der Waals surface area contributed by atoms with Gasteiger partial charge in [0.25, 0.3) is 5.69 Å². The predicted molar refractivity (Wildman–Crippen MR) is 88.9 cm³/mol. The minimum absolute atomic E-state index is 0. The first-order valence-electron chi connectivity index (χ1n) is 7.33. The second-order valence-corrected chi connectivity index (χ2v) is 5.81. The SMILES string of the molecule is O=C(Cc1ccc([N+](=O)[O-])cc1)NC(Cc1ccc(Cl)cc1)C(=O)[O-].[Na+]. The molecule has 0 fully saturated rings. The van der Waals surface area contributed by atoms with Crippen LogP contribution < -0.4 is 40.0 Å². The number of nitro groups is 1. The van der Waals surface area contributed by atoms with Crippen molar-refractivity contribution in [3.05, 3.63) is 74.8 Å². The second-order valence-electron chi connectivity index (χ2n) is 5.37. The molecule has 2 rings (SSSR count). The molecule has 0 aliphatic heterocycles. The molecule has 7 nitrogen and oxygen atoms in total. The van der Waals surface area contributed by atoms with E-state index in [4.69, 9.17) is 11.6 Å². The maximum atomic E-state index is 12.0. The summed E-state index contributed by atoms with van der Waals surface area (Å²) in [5.74, 6) is -1.91. The third-order valence-corrected chi connectivity index (χ3v) is 3.74. The van der Waals surface area contributed by atoms with Gasteiger partial charge in [-0.05, 0) is 29.7 Å². The summed E-state index contributed by atoms with van der Waals surface area (Å²) in [5.41, 5.74) is 1.14. The van der Waals surface area contributed by atoms with E-state index in [1.807, 2.05) is 0 Å². The predicted octanol–water partition coefficient (Wildman–Crippen LogP) is -1.73. The summed E-state index contributed by atoms with van der Waals surface area (Å²) < 4.78 is 0. The van der Waals surface area contributed by atoms with E-state index >= 15 is 0 Å². The largest absolute Gasteiger partial charge is 1.00 e. The molecule has 2 aromatic carbocycles.